The van der Waals surface area contributed by atoms with E-state index in [-0.39, 0.29) is 11.8 Å². The maximum absolute atomic E-state index is 13.1. The summed E-state index contributed by atoms with van der Waals surface area (Å²) in [6.45, 7) is 1.48. The summed E-state index contributed by atoms with van der Waals surface area (Å²) in [5, 5.41) is 5.91. The van der Waals surface area contributed by atoms with Crippen LogP contribution >= 0.6 is 0 Å². The first-order chi connectivity index (χ1) is 15.7. The van der Waals surface area contributed by atoms with Gasteiger partial charge < -0.3 is 20.3 Å². The van der Waals surface area contributed by atoms with Crippen LogP contribution in [0.1, 0.15) is 28.8 Å². The maximum Gasteiger partial charge on any atom is 0.255 e. The number of rotatable bonds is 5. The number of nitrogens with one attached hydrogen (secondary N) is 2. The number of nitrogens with zero attached hydrogens (tertiary/aromatic N) is 1. The number of anilines is 4. The van der Waals surface area contributed by atoms with Crippen molar-refractivity contribution in [3.05, 3.63) is 83.9 Å². The number of fused-ring (bicyclic) bond motifs is 1. The SMILES string of the molecule is O=C(Nc1ccccc1N1CCc2ccccc21)c1cccc(NC(=O)C2CCCO2)c1. The van der Waals surface area contributed by atoms with Crippen LogP contribution < -0.4 is 15.5 Å². The van der Waals surface area contributed by atoms with Crippen molar-refractivity contribution in [3.8, 4) is 0 Å². The maximum atomic E-state index is 13.1. The van der Waals surface area contributed by atoms with Crippen LogP contribution in [0.4, 0.5) is 22.7 Å². The number of hydrogen-bond donors (Lipinski definition) is 2. The summed E-state index contributed by atoms with van der Waals surface area (Å²) in [4.78, 5) is 27.6. The van der Waals surface area contributed by atoms with Gasteiger partial charge in [0.25, 0.3) is 11.8 Å². The second kappa shape index (κ2) is 8.85. The van der Waals surface area contributed by atoms with Gasteiger partial charge in [0, 0.05) is 30.1 Å². The van der Waals surface area contributed by atoms with Crippen LogP contribution in [0.5, 0.6) is 0 Å². The van der Waals surface area contributed by atoms with Gasteiger partial charge in [0.15, 0.2) is 0 Å². The van der Waals surface area contributed by atoms with Gasteiger partial charge in [0.1, 0.15) is 6.10 Å². The molecule has 3 aromatic rings. The molecule has 0 bridgehead atoms. The van der Waals surface area contributed by atoms with Gasteiger partial charge >= 0.3 is 0 Å². The number of para-hydroxylation sites is 3. The highest BCUT2D eigenvalue weighted by molar-refractivity contribution is 6.07. The first kappa shape index (κ1) is 20.3. The summed E-state index contributed by atoms with van der Waals surface area (Å²) >= 11 is 0. The summed E-state index contributed by atoms with van der Waals surface area (Å²) in [7, 11) is 0. The van der Waals surface area contributed by atoms with Crippen molar-refractivity contribution >= 4 is 34.6 Å². The predicted octanol–water partition coefficient (Wildman–Crippen LogP) is 4.75. The quantitative estimate of drug-likeness (QED) is 0.616. The Morgan fingerprint density at radius 3 is 2.56 bits per heavy atom. The molecule has 1 fully saturated rings. The van der Waals surface area contributed by atoms with E-state index < -0.39 is 6.10 Å². The molecule has 2 aliphatic rings. The van der Waals surface area contributed by atoms with E-state index >= 15 is 0 Å². The fourth-order valence-electron chi connectivity index (χ4n) is 4.34. The molecule has 3 aromatic carbocycles. The van der Waals surface area contributed by atoms with Gasteiger partial charge in [0.2, 0.25) is 0 Å². The molecule has 2 heterocycles. The minimum absolute atomic E-state index is 0.168. The van der Waals surface area contributed by atoms with Crippen LogP contribution in [0.3, 0.4) is 0 Å². The molecule has 0 spiro atoms. The summed E-state index contributed by atoms with van der Waals surface area (Å²) in [5.74, 6) is -0.392. The Hall–Kier alpha value is -3.64. The Morgan fingerprint density at radius 1 is 0.906 bits per heavy atom. The molecule has 1 atom stereocenters. The minimum Gasteiger partial charge on any atom is -0.368 e. The van der Waals surface area contributed by atoms with E-state index in [2.05, 4.69) is 33.7 Å². The lowest BCUT2D eigenvalue weighted by molar-refractivity contribution is -0.124. The average Bonchev–Trinajstić information content (AvgIpc) is 3.50. The monoisotopic (exact) mass is 427 g/mol. The zero-order valence-electron chi connectivity index (χ0n) is 17.7. The fourth-order valence-corrected chi connectivity index (χ4v) is 4.34. The Kier molecular flexibility index (Phi) is 5.60. The molecule has 32 heavy (non-hydrogen) atoms. The summed E-state index contributed by atoms with van der Waals surface area (Å²) in [6, 6.07) is 23.2. The summed E-state index contributed by atoms with van der Waals surface area (Å²) < 4.78 is 5.43. The number of carbonyl (C=O) groups is 2. The Balaban J connectivity index is 1.34. The molecule has 2 amide bonds. The van der Waals surface area contributed by atoms with Gasteiger partial charge in [-0.05, 0) is 61.2 Å². The van der Waals surface area contributed by atoms with Crippen molar-refractivity contribution in [2.45, 2.75) is 25.4 Å². The smallest absolute Gasteiger partial charge is 0.255 e. The van der Waals surface area contributed by atoms with Crippen LogP contribution in [0.25, 0.3) is 0 Å². The number of hydrogen-bond acceptors (Lipinski definition) is 4. The molecular formula is C26H25N3O3. The van der Waals surface area contributed by atoms with Gasteiger partial charge in [-0.2, -0.15) is 0 Å². The molecule has 0 saturated carbocycles. The van der Waals surface area contributed by atoms with E-state index in [0.29, 0.717) is 17.9 Å². The molecule has 2 aliphatic heterocycles. The van der Waals surface area contributed by atoms with E-state index in [1.54, 1.807) is 24.3 Å². The van der Waals surface area contributed by atoms with Crippen LogP contribution in [-0.2, 0) is 16.0 Å². The largest absolute Gasteiger partial charge is 0.368 e. The van der Waals surface area contributed by atoms with Crippen molar-refractivity contribution < 1.29 is 14.3 Å². The van der Waals surface area contributed by atoms with Crippen molar-refractivity contribution in [2.75, 3.05) is 28.7 Å². The molecule has 1 saturated heterocycles. The molecule has 6 nitrogen and oxygen atoms in total. The standard InChI is InChI=1S/C26H25N3O3/c30-25(19-8-5-9-20(17-19)27-26(31)24-13-6-16-32-24)28-21-10-2-4-12-23(21)29-15-14-18-7-1-3-11-22(18)29/h1-5,7-12,17,24H,6,13-16H2,(H,27,31)(H,28,30). The number of carbonyl (C=O) groups excluding carboxylic acids is 2. The number of ether oxygens (including phenoxy) is 1. The van der Waals surface area contributed by atoms with E-state index in [1.807, 2.05) is 30.3 Å². The molecule has 0 radical (unpaired) electrons. The minimum atomic E-state index is -0.414. The second-order valence-corrected chi connectivity index (χ2v) is 8.07. The van der Waals surface area contributed by atoms with E-state index in [4.69, 9.17) is 4.74 Å². The third kappa shape index (κ3) is 4.09. The first-order valence-electron chi connectivity index (χ1n) is 11.0. The number of amides is 2. The zero-order valence-corrected chi connectivity index (χ0v) is 17.7. The van der Waals surface area contributed by atoms with Crippen molar-refractivity contribution in [2.24, 2.45) is 0 Å². The Morgan fingerprint density at radius 2 is 1.72 bits per heavy atom. The van der Waals surface area contributed by atoms with Crippen LogP contribution in [-0.4, -0.2) is 31.1 Å². The van der Waals surface area contributed by atoms with Gasteiger partial charge in [-0.25, -0.2) is 0 Å². The van der Waals surface area contributed by atoms with Crippen molar-refractivity contribution in [3.63, 3.8) is 0 Å². The molecule has 1 unspecified atom stereocenters. The third-order valence-corrected chi connectivity index (χ3v) is 5.94. The second-order valence-electron chi connectivity index (χ2n) is 8.07. The molecule has 6 heteroatoms. The topological polar surface area (TPSA) is 70.7 Å². The van der Waals surface area contributed by atoms with E-state index in [0.717, 1.165) is 37.2 Å². The molecule has 2 N–H and O–H groups in total. The lowest BCUT2D eigenvalue weighted by Gasteiger charge is -2.23. The van der Waals surface area contributed by atoms with Crippen LogP contribution in [0, 0.1) is 0 Å². The lowest BCUT2D eigenvalue weighted by Crippen LogP contribution is -2.27. The Labute approximate surface area is 187 Å². The highest BCUT2D eigenvalue weighted by Gasteiger charge is 2.24. The normalized spacial score (nSPS) is 17.1. The molecule has 0 aromatic heterocycles. The molecule has 0 aliphatic carbocycles. The van der Waals surface area contributed by atoms with Gasteiger partial charge in [0.05, 0.1) is 11.4 Å². The number of benzene rings is 3. The van der Waals surface area contributed by atoms with Gasteiger partial charge in [-0.1, -0.05) is 36.4 Å². The van der Waals surface area contributed by atoms with E-state index in [9.17, 15) is 9.59 Å². The summed E-state index contributed by atoms with van der Waals surface area (Å²) in [5.41, 5.74) is 5.26. The van der Waals surface area contributed by atoms with Crippen LogP contribution in [0.2, 0.25) is 0 Å². The predicted molar refractivity (Wildman–Crippen MR) is 126 cm³/mol. The zero-order chi connectivity index (χ0) is 21.9. The lowest BCUT2D eigenvalue weighted by atomic mass is 10.1. The highest BCUT2D eigenvalue weighted by Crippen LogP contribution is 2.38. The molecule has 162 valence electrons. The fraction of sp³-hybridized carbons (Fsp3) is 0.231. The van der Waals surface area contributed by atoms with Gasteiger partial charge in [-0.3, -0.25) is 9.59 Å². The molecular weight excluding hydrogens is 402 g/mol. The third-order valence-electron chi connectivity index (χ3n) is 5.94. The molecule has 5 rings (SSSR count). The highest BCUT2D eigenvalue weighted by atomic mass is 16.5. The van der Waals surface area contributed by atoms with Crippen LogP contribution in [0.15, 0.2) is 72.8 Å². The Bertz CT molecular complexity index is 1150. The average molecular weight is 428 g/mol. The van der Waals surface area contributed by atoms with E-state index in [1.165, 1.54) is 11.3 Å². The van der Waals surface area contributed by atoms with Gasteiger partial charge in [-0.15, -0.1) is 0 Å². The van der Waals surface area contributed by atoms with Crippen molar-refractivity contribution in [1.29, 1.82) is 0 Å². The van der Waals surface area contributed by atoms with Crippen molar-refractivity contribution in [1.82, 2.24) is 0 Å². The first-order valence-corrected chi connectivity index (χ1v) is 11.0. The summed E-state index contributed by atoms with van der Waals surface area (Å²) in [6.07, 6.45) is 2.18.